The second kappa shape index (κ2) is 11.0. The standard InChI is InChI=1S/C31H31BrClN5S/c1-20-15-21(2)19-36(18-20)27-12-11-24(17-25(27)33)38-30(29(35-31(38)39)26-9-3-4-13-34-26)28-10-6-14-37(28)23-8-5-7-22(32)16-23/h3-14,16-17,20-21,29-30H,15,18-19H2,1-2H3,(H,35,39)/t20-,21+,29-,30-/m0/s1. The molecule has 4 heterocycles. The molecule has 0 spiro atoms. The van der Waals surface area contributed by atoms with Crippen LogP contribution in [0.4, 0.5) is 11.4 Å². The van der Waals surface area contributed by atoms with Gasteiger partial charge < -0.3 is 19.7 Å². The number of halogens is 2. The first-order chi connectivity index (χ1) is 18.9. The molecule has 6 rings (SSSR count). The van der Waals surface area contributed by atoms with Gasteiger partial charge in [-0.25, -0.2) is 0 Å². The van der Waals surface area contributed by atoms with Crippen LogP contribution in [0.5, 0.6) is 0 Å². The molecule has 2 aromatic heterocycles. The predicted molar refractivity (Wildman–Crippen MR) is 168 cm³/mol. The van der Waals surface area contributed by atoms with Crippen molar-refractivity contribution < 1.29 is 0 Å². The zero-order valence-corrected chi connectivity index (χ0v) is 25.1. The Hall–Kier alpha value is -2.87. The van der Waals surface area contributed by atoms with E-state index < -0.39 is 0 Å². The minimum absolute atomic E-state index is 0.137. The SMILES string of the molecule is C[C@@H]1C[C@H](C)CN(c2ccc(N3C(=S)N[C@@H](c4ccccn4)[C@@H]3c3cccn3-c3cccc(Br)c3)cc2Cl)C1. The first-order valence-electron chi connectivity index (χ1n) is 13.4. The van der Waals surface area contributed by atoms with Gasteiger partial charge in [0.1, 0.15) is 6.04 Å². The summed E-state index contributed by atoms with van der Waals surface area (Å²) >= 11 is 16.6. The molecule has 0 radical (unpaired) electrons. The summed E-state index contributed by atoms with van der Waals surface area (Å²) < 4.78 is 3.25. The van der Waals surface area contributed by atoms with Gasteiger partial charge in [0.25, 0.3) is 0 Å². The molecule has 0 bridgehead atoms. The predicted octanol–water partition coefficient (Wildman–Crippen LogP) is 7.95. The first kappa shape index (κ1) is 26.4. The average molecular weight is 621 g/mol. The fourth-order valence-corrected chi connectivity index (χ4v) is 7.22. The van der Waals surface area contributed by atoms with Crippen molar-refractivity contribution in [3.05, 3.63) is 106 Å². The molecule has 0 saturated carbocycles. The van der Waals surface area contributed by atoms with Gasteiger partial charge in [0, 0.05) is 47.0 Å². The summed E-state index contributed by atoms with van der Waals surface area (Å²) in [5.41, 5.74) is 5.17. The molecule has 200 valence electrons. The molecule has 39 heavy (non-hydrogen) atoms. The van der Waals surface area contributed by atoms with Gasteiger partial charge in [-0.15, -0.1) is 0 Å². The van der Waals surface area contributed by atoms with E-state index in [2.05, 4.69) is 110 Å². The van der Waals surface area contributed by atoms with Crippen LogP contribution in [0.2, 0.25) is 5.02 Å². The van der Waals surface area contributed by atoms with Gasteiger partial charge >= 0.3 is 0 Å². The van der Waals surface area contributed by atoms with E-state index in [0.29, 0.717) is 16.9 Å². The summed E-state index contributed by atoms with van der Waals surface area (Å²) in [6, 6.07) is 24.7. The highest BCUT2D eigenvalue weighted by Gasteiger charge is 2.42. The number of hydrogen-bond donors (Lipinski definition) is 1. The zero-order chi connectivity index (χ0) is 27.1. The molecular weight excluding hydrogens is 590 g/mol. The Kier molecular flexibility index (Phi) is 7.40. The minimum Gasteiger partial charge on any atom is -0.370 e. The molecule has 2 aromatic carbocycles. The lowest BCUT2D eigenvalue weighted by Crippen LogP contribution is -2.38. The third-order valence-corrected chi connectivity index (χ3v) is 8.80. The number of aromatic nitrogens is 2. The molecule has 2 fully saturated rings. The maximum absolute atomic E-state index is 7.00. The minimum atomic E-state index is -0.140. The number of rotatable bonds is 5. The molecule has 4 atom stereocenters. The van der Waals surface area contributed by atoms with Crippen LogP contribution in [0.15, 0.2) is 89.7 Å². The third kappa shape index (κ3) is 5.20. The highest BCUT2D eigenvalue weighted by Crippen LogP contribution is 2.44. The largest absolute Gasteiger partial charge is 0.370 e. The van der Waals surface area contributed by atoms with Crippen molar-refractivity contribution >= 4 is 56.2 Å². The van der Waals surface area contributed by atoms with Gasteiger partial charge in [-0.1, -0.05) is 53.5 Å². The molecule has 4 aromatic rings. The molecule has 0 aliphatic carbocycles. The molecule has 1 N–H and O–H groups in total. The van der Waals surface area contributed by atoms with Crippen molar-refractivity contribution in [3.63, 3.8) is 0 Å². The first-order valence-corrected chi connectivity index (χ1v) is 15.0. The third-order valence-electron chi connectivity index (χ3n) is 7.69. The number of nitrogens with zero attached hydrogens (tertiary/aromatic N) is 4. The summed E-state index contributed by atoms with van der Waals surface area (Å²) in [6.07, 6.45) is 5.19. The quantitative estimate of drug-likeness (QED) is 0.229. The Balaban J connectivity index is 1.43. The van der Waals surface area contributed by atoms with E-state index in [1.165, 1.54) is 6.42 Å². The molecule has 0 unspecified atom stereocenters. The summed E-state index contributed by atoms with van der Waals surface area (Å²) in [5.74, 6) is 1.29. The fourth-order valence-electron chi connectivity index (χ4n) is 6.19. The molecule has 8 heteroatoms. The number of thiocarbonyl (C=S) groups is 1. The Morgan fingerprint density at radius 3 is 2.49 bits per heavy atom. The molecule has 2 aliphatic rings. The van der Waals surface area contributed by atoms with E-state index in [1.807, 2.05) is 24.4 Å². The number of piperidine rings is 1. The van der Waals surface area contributed by atoms with Crippen molar-refractivity contribution in [2.45, 2.75) is 32.4 Å². The van der Waals surface area contributed by atoms with Crippen molar-refractivity contribution in [3.8, 4) is 5.69 Å². The Morgan fingerprint density at radius 2 is 1.77 bits per heavy atom. The number of pyridine rings is 1. The number of nitrogens with one attached hydrogen (secondary N) is 1. The van der Waals surface area contributed by atoms with Crippen molar-refractivity contribution in [1.82, 2.24) is 14.9 Å². The highest BCUT2D eigenvalue weighted by molar-refractivity contribution is 9.10. The smallest absolute Gasteiger partial charge is 0.174 e. The summed E-state index contributed by atoms with van der Waals surface area (Å²) in [7, 11) is 0. The van der Waals surface area contributed by atoms with Gasteiger partial charge in [-0.3, -0.25) is 4.98 Å². The molecule has 2 saturated heterocycles. The van der Waals surface area contributed by atoms with Crippen LogP contribution in [-0.4, -0.2) is 27.8 Å². The Bertz CT molecular complexity index is 1480. The van der Waals surface area contributed by atoms with Gasteiger partial charge in [-0.05, 0) is 91.1 Å². The summed E-state index contributed by atoms with van der Waals surface area (Å²) in [5, 5.41) is 4.98. The highest BCUT2D eigenvalue weighted by atomic mass is 79.9. The topological polar surface area (TPSA) is 36.3 Å². The van der Waals surface area contributed by atoms with E-state index in [-0.39, 0.29) is 12.1 Å². The number of hydrogen-bond acceptors (Lipinski definition) is 3. The van der Waals surface area contributed by atoms with E-state index in [9.17, 15) is 0 Å². The van der Waals surface area contributed by atoms with E-state index >= 15 is 0 Å². The van der Waals surface area contributed by atoms with Gasteiger partial charge in [0.2, 0.25) is 0 Å². The second-order valence-corrected chi connectivity index (χ2v) is 12.5. The van der Waals surface area contributed by atoms with Gasteiger partial charge in [0.05, 0.1) is 22.4 Å². The molecule has 5 nitrogen and oxygen atoms in total. The zero-order valence-electron chi connectivity index (χ0n) is 22.0. The lowest BCUT2D eigenvalue weighted by atomic mass is 9.91. The number of anilines is 2. The van der Waals surface area contributed by atoms with Crippen molar-refractivity contribution in [2.75, 3.05) is 22.9 Å². The Labute approximate surface area is 248 Å². The van der Waals surface area contributed by atoms with Crippen LogP contribution >= 0.6 is 39.7 Å². The maximum Gasteiger partial charge on any atom is 0.174 e. The number of benzene rings is 2. The molecule has 0 amide bonds. The van der Waals surface area contributed by atoms with Crippen LogP contribution in [0.25, 0.3) is 5.69 Å². The van der Waals surface area contributed by atoms with Crippen LogP contribution in [0, 0.1) is 11.8 Å². The monoisotopic (exact) mass is 619 g/mol. The average Bonchev–Trinajstić information content (AvgIpc) is 3.53. The second-order valence-electron chi connectivity index (χ2n) is 10.8. The molecular formula is C31H31BrClN5S. The van der Waals surface area contributed by atoms with Crippen molar-refractivity contribution in [2.24, 2.45) is 11.8 Å². The Morgan fingerprint density at radius 1 is 0.949 bits per heavy atom. The van der Waals surface area contributed by atoms with Gasteiger partial charge in [-0.2, -0.15) is 0 Å². The van der Waals surface area contributed by atoms with Crippen molar-refractivity contribution in [1.29, 1.82) is 0 Å². The molecule has 2 aliphatic heterocycles. The normalized spacial score (nSPS) is 23.2. The van der Waals surface area contributed by atoms with E-state index in [0.717, 1.165) is 51.0 Å². The summed E-state index contributed by atoms with van der Waals surface area (Å²) in [6.45, 7) is 6.69. The van der Waals surface area contributed by atoms with Crippen LogP contribution in [-0.2, 0) is 0 Å². The lowest BCUT2D eigenvalue weighted by Gasteiger charge is -2.37. The van der Waals surface area contributed by atoms with Crippen LogP contribution < -0.4 is 15.1 Å². The van der Waals surface area contributed by atoms with E-state index in [4.69, 9.17) is 28.8 Å². The van der Waals surface area contributed by atoms with Gasteiger partial charge in [0.15, 0.2) is 5.11 Å². The maximum atomic E-state index is 7.00. The van der Waals surface area contributed by atoms with Crippen LogP contribution in [0.3, 0.4) is 0 Å². The fraction of sp³-hybridized carbons (Fsp3) is 0.290. The van der Waals surface area contributed by atoms with E-state index in [1.54, 1.807) is 0 Å². The van der Waals surface area contributed by atoms with Crippen LogP contribution in [0.1, 0.15) is 43.7 Å². The summed E-state index contributed by atoms with van der Waals surface area (Å²) in [4.78, 5) is 9.33. The lowest BCUT2D eigenvalue weighted by molar-refractivity contribution is 0.357.